The molecule has 0 amide bonds. The number of ether oxygens (including phenoxy) is 1. The normalized spacial score (nSPS) is 10.3. The largest absolute Gasteiger partial charge is 0.393 e. The van der Waals surface area contributed by atoms with E-state index >= 15 is 0 Å². The Morgan fingerprint density at radius 3 is 1.67 bits per heavy atom. The molecule has 3 nitrogen and oxygen atoms in total. The number of carbonyl (C=O) groups is 2. The molecular weight excluding hydrogens is 228 g/mol. The van der Waals surface area contributed by atoms with Crippen molar-refractivity contribution in [1.29, 1.82) is 0 Å². The lowest BCUT2D eigenvalue weighted by Crippen LogP contribution is -2.08. The van der Waals surface area contributed by atoms with E-state index in [0.29, 0.717) is 6.42 Å². The molecule has 0 aromatic heterocycles. The van der Waals surface area contributed by atoms with Crippen LogP contribution in [0.2, 0.25) is 0 Å². The van der Waals surface area contributed by atoms with Crippen LogP contribution in [0.4, 0.5) is 0 Å². The van der Waals surface area contributed by atoms with Crippen molar-refractivity contribution in [3.63, 3.8) is 0 Å². The number of unbranched alkanes of at least 4 members (excludes halogenated alkanes) is 9. The highest BCUT2D eigenvalue weighted by Crippen LogP contribution is 2.11. The monoisotopic (exact) mass is 256 g/mol. The maximum Gasteiger partial charge on any atom is 0.313 e. The number of rotatable bonds is 11. The summed E-state index contributed by atoms with van der Waals surface area (Å²) in [5.74, 6) is -0.894. The molecule has 0 fully saturated rings. The molecular formula is C15H28O3. The Morgan fingerprint density at radius 2 is 1.22 bits per heavy atom. The van der Waals surface area contributed by atoms with Gasteiger partial charge in [0.1, 0.15) is 0 Å². The summed E-state index contributed by atoms with van der Waals surface area (Å²) in [6, 6.07) is 0. The van der Waals surface area contributed by atoms with E-state index in [0.717, 1.165) is 12.8 Å². The number of carbonyl (C=O) groups excluding carboxylic acids is 2. The van der Waals surface area contributed by atoms with Gasteiger partial charge in [0.25, 0.3) is 0 Å². The summed E-state index contributed by atoms with van der Waals surface area (Å²) in [7, 11) is 0. The molecule has 0 aliphatic rings. The second-order valence-electron chi connectivity index (χ2n) is 4.90. The first-order valence-electron chi connectivity index (χ1n) is 7.38. The minimum atomic E-state index is -0.507. The molecule has 0 aliphatic heterocycles. The Kier molecular flexibility index (Phi) is 12.0. The van der Waals surface area contributed by atoms with Crippen molar-refractivity contribution in [2.24, 2.45) is 0 Å². The highest BCUT2D eigenvalue weighted by molar-refractivity contribution is 5.83. The fourth-order valence-electron chi connectivity index (χ4n) is 1.97. The summed E-state index contributed by atoms with van der Waals surface area (Å²) in [6.45, 7) is 3.49. The SMILES string of the molecule is CCCCCCCCCCCCC(=O)OC(C)=O. The smallest absolute Gasteiger partial charge is 0.313 e. The summed E-state index contributed by atoms with van der Waals surface area (Å²) in [5, 5.41) is 0. The molecule has 106 valence electrons. The second kappa shape index (κ2) is 12.6. The summed E-state index contributed by atoms with van der Waals surface area (Å²) in [6.07, 6.45) is 12.7. The van der Waals surface area contributed by atoms with Gasteiger partial charge in [0, 0.05) is 13.3 Å². The van der Waals surface area contributed by atoms with Crippen LogP contribution in [0.5, 0.6) is 0 Å². The van der Waals surface area contributed by atoms with Crippen molar-refractivity contribution in [2.75, 3.05) is 0 Å². The third-order valence-electron chi connectivity index (χ3n) is 2.99. The van der Waals surface area contributed by atoms with Gasteiger partial charge in [-0.3, -0.25) is 9.59 Å². The van der Waals surface area contributed by atoms with Crippen LogP contribution < -0.4 is 0 Å². The van der Waals surface area contributed by atoms with E-state index in [1.165, 1.54) is 58.3 Å². The van der Waals surface area contributed by atoms with E-state index in [2.05, 4.69) is 11.7 Å². The number of esters is 2. The van der Waals surface area contributed by atoms with Crippen LogP contribution in [0.25, 0.3) is 0 Å². The van der Waals surface area contributed by atoms with Crippen LogP contribution in [-0.2, 0) is 14.3 Å². The summed E-state index contributed by atoms with van der Waals surface area (Å²) < 4.78 is 4.45. The van der Waals surface area contributed by atoms with Crippen LogP contribution in [0, 0.1) is 0 Å². The molecule has 18 heavy (non-hydrogen) atoms. The second-order valence-corrected chi connectivity index (χ2v) is 4.90. The zero-order valence-corrected chi connectivity index (χ0v) is 12.0. The van der Waals surface area contributed by atoms with Gasteiger partial charge >= 0.3 is 11.9 Å². The fourth-order valence-corrected chi connectivity index (χ4v) is 1.97. The lowest BCUT2D eigenvalue weighted by molar-refractivity contribution is -0.158. The standard InChI is InChI=1S/C15H28O3/c1-3-4-5-6-7-8-9-10-11-12-13-15(17)18-14(2)16/h3-13H2,1-2H3. The van der Waals surface area contributed by atoms with Gasteiger partial charge in [-0.25, -0.2) is 0 Å². The summed E-state index contributed by atoms with van der Waals surface area (Å²) in [5.41, 5.74) is 0. The van der Waals surface area contributed by atoms with Crippen LogP contribution in [0.3, 0.4) is 0 Å². The van der Waals surface area contributed by atoms with Crippen LogP contribution >= 0.6 is 0 Å². The number of hydrogen-bond acceptors (Lipinski definition) is 3. The zero-order chi connectivity index (χ0) is 13.6. The van der Waals surface area contributed by atoms with Gasteiger partial charge in [0.15, 0.2) is 0 Å². The maximum atomic E-state index is 11.0. The van der Waals surface area contributed by atoms with Gasteiger partial charge in [-0.1, -0.05) is 64.7 Å². The predicted octanol–water partition coefficient (Wildman–Crippen LogP) is 4.39. The Labute approximate surface area is 111 Å². The molecule has 0 unspecified atom stereocenters. The van der Waals surface area contributed by atoms with Gasteiger partial charge in [0.2, 0.25) is 0 Å². The topological polar surface area (TPSA) is 43.4 Å². The molecule has 0 N–H and O–H groups in total. The zero-order valence-electron chi connectivity index (χ0n) is 12.0. The van der Waals surface area contributed by atoms with E-state index in [1.54, 1.807) is 0 Å². The van der Waals surface area contributed by atoms with E-state index in [9.17, 15) is 9.59 Å². The van der Waals surface area contributed by atoms with E-state index in [4.69, 9.17) is 0 Å². The molecule has 3 heteroatoms. The molecule has 0 bridgehead atoms. The Morgan fingerprint density at radius 1 is 0.778 bits per heavy atom. The highest BCUT2D eigenvalue weighted by Gasteiger charge is 2.04. The lowest BCUT2D eigenvalue weighted by atomic mass is 10.1. The predicted molar refractivity (Wildman–Crippen MR) is 73.2 cm³/mol. The summed E-state index contributed by atoms with van der Waals surface area (Å²) >= 11 is 0. The molecule has 0 aromatic carbocycles. The highest BCUT2D eigenvalue weighted by atomic mass is 16.6. The molecule has 0 saturated carbocycles. The lowest BCUT2D eigenvalue weighted by Gasteiger charge is -2.02. The average molecular weight is 256 g/mol. The average Bonchev–Trinajstić information content (AvgIpc) is 2.30. The molecule has 0 heterocycles. The van der Waals surface area contributed by atoms with Crippen LogP contribution in [0.1, 0.15) is 84.5 Å². The maximum absolute atomic E-state index is 11.0. The third-order valence-corrected chi connectivity index (χ3v) is 2.99. The van der Waals surface area contributed by atoms with Crippen molar-refractivity contribution < 1.29 is 14.3 Å². The first-order valence-corrected chi connectivity index (χ1v) is 7.38. The molecule has 0 aromatic rings. The van der Waals surface area contributed by atoms with E-state index < -0.39 is 5.97 Å². The number of hydrogen-bond donors (Lipinski definition) is 0. The first-order chi connectivity index (χ1) is 8.66. The quantitative estimate of drug-likeness (QED) is 0.313. The van der Waals surface area contributed by atoms with Crippen LogP contribution in [0.15, 0.2) is 0 Å². The first kappa shape index (κ1) is 17.1. The molecule has 0 spiro atoms. The molecule has 0 aliphatic carbocycles. The Hall–Kier alpha value is -0.860. The molecule has 0 rings (SSSR count). The van der Waals surface area contributed by atoms with Crippen LogP contribution in [-0.4, -0.2) is 11.9 Å². The minimum absolute atomic E-state index is 0.371. The van der Waals surface area contributed by atoms with Gasteiger partial charge < -0.3 is 4.74 Å². The van der Waals surface area contributed by atoms with E-state index in [1.807, 2.05) is 0 Å². The van der Waals surface area contributed by atoms with Gasteiger partial charge in [0.05, 0.1) is 0 Å². The Balaban J connectivity index is 3.11. The van der Waals surface area contributed by atoms with E-state index in [-0.39, 0.29) is 5.97 Å². The summed E-state index contributed by atoms with van der Waals surface area (Å²) in [4.78, 5) is 21.5. The van der Waals surface area contributed by atoms with Crippen molar-refractivity contribution >= 4 is 11.9 Å². The van der Waals surface area contributed by atoms with Crippen molar-refractivity contribution in [2.45, 2.75) is 84.5 Å². The van der Waals surface area contributed by atoms with Crippen molar-refractivity contribution in [3.8, 4) is 0 Å². The molecule has 0 atom stereocenters. The van der Waals surface area contributed by atoms with Crippen molar-refractivity contribution in [3.05, 3.63) is 0 Å². The van der Waals surface area contributed by atoms with Gasteiger partial charge in [-0.15, -0.1) is 0 Å². The molecule has 0 saturated heterocycles. The van der Waals surface area contributed by atoms with Crippen molar-refractivity contribution in [1.82, 2.24) is 0 Å². The molecule has 0 radical (unpaired) electrons. The van der Waals surface area contributed by atoms with Gasteiger partial charge in [-0.05, 0) is 6.42 Å². The van der Waals surface area contributed by atoms with Gasteiger partial charge in [-0.2, -0.15) is 0 Å². The minimum Gasteiger partial charge on any atom is -0.393 e. The Bertz CT molecular complexity index is 224. The fraction of sp³-hybridized carbons (Fsp3) is 0.867. The third kappa shape index (κ3) is 13.2.